The van der Waals surface area contributed by atoms with Gasteiger partial charge in [0, 0.05) is 7.05 Å². The van der Waals surface area contributed by atoms with Gasteiger partial charge in [0.1, 0.15) is 0 Å². The summed E-state index contributed by atoms with van der Waals surface area (Å²) in [6.45, 7) is 0.207. The summed E-state index contributed by atoms with van der Waals surface area (Å²) < 4.78 is 0. The zero-order valence-corrected chi connectivity index (χ0v) is 15.4. The van der Waals surface area contributed by atoms with Crippen LogP contribution in [0, 0.1) is 5.92 Å². The molecule has 0 bridgehead atoms. The number of rotatable bonds is 6. The van der Waals surface area contributed by atoms with Crippen molar-refractivity contribution in [2.24, 2.45) is 16.6 Å². The zero-order valence-electron chi connectivity index (χ0n) is 15.4. The molecule has 6 nitrogen and oxygen atoms in total. The van der Waals surface area contributed by atoms with E-state index in [9.17, 15) is 9.59 Å². The lowest BCUT2D eigenvalue weighted by Crippen LogP contribution is -2.50. The lowest BCUT2D eigenvalue weighted by molar-refractivity contribution is -0.131. The van der Waals surface area contributed by atoms with E-state index in [1.807, 2.05) is 30.3 Å². The maximum atomic E-state index is 12.9. The fraction of sp³-hybridized carbons (Fsp3) is 0.550. The van der Waals surface area contributed by atoms with Gasteiger partial charge in [0.05, 0.1) is 13.0 Å². The van der Waals surface area contributed by atoms with Crippen LogP contribution in [0.3, 0.4) is 0 Å². The minimum Gasteiger partial charge on any atom is -0.369 e. The number of hydrogen-bond acceptors (Lipinski definition) is 4. The molecule has 1 aromatic carbocycles. The Hall–Kier alpha value is -2.37. The molecule has 1 fully saturated rings. The Morgan fingerprint density at radius 3 is 2.58 bits per heavy atom. The van der Waals surface area contributed by atoms with Gasteiger partial charge in [-0.25, -0.2) is 4.99 Å². The molecule has 140 valence electrons. The van der Waals surface area contributed by atoms with Gasteiger partial charge in [-0.3, -0.25) is 14.5 Å². The van der Waals surface area contributed by atoms with Gasteiger partial charge in [-0.1, -0.05) is 62.4 Å². The number of amides is 2. The van der Waals surface area contributed by atoms with Crippen LogP contribution in [-0.2, 0) is 16.0 Å². The molecule has 0 spiro atoms. The summed E-state index contributed by atoms with van der Waals surface area (Å²) in [6.07, 6.45) is 6.84. The molecule has 1 aromatic rings. The molecular weight excluding hydrogens is 328 g/mol. The van der Waals surface area contributed by atoms with Gasteiger partial charge in [0.15, 0.2) is 11.5 Å². The summed E-state index contributed by atoms with van der Waals surface area (Å²) in [5, 5.41) is 2.93. The quantitative estimate of drug-likeness (QED) is 0.815. The molecule has 2 aliphatic rings. The highest BCUT2D eigenvalue weighted by Crippen LogP contribution is 2.35. The summed E-state index contributed by atoms with van der Waals surface area (Å²) in [5.74, 6) is 0.487. The molecule has 1 aliphatic heterocycles. The van der Waals surface area contributed by atoms with Crippen LogP contribution in [-0.4, -0.2) is 41.8 Å². The smallest absolute Gasteiger partial charge is 0.258 e. The van der Waals surface area contributed by atoms with Gasteiger partial charge in [-0.2, -0.15) is 0 Å². The molecule has 0 radical (unpaired) electrons. The Balaban J connectivity index is 1.68. The average Bonchev–Trinajstić information content (AvgIpc) is 2.86. The minimum atomic E-state index is -0.951. The molecule has 2 amide bonds. The first-order valence-electron chi connectivity index (χ1n) is 9.44. The van der Waals surface area contributed by atoms with E-state index >= 15 is 0 Å². The first-order valence-corrected chi connectivity index (χ1v) is 9.44. The highest BCUT2D eigenvalue weighted by atomic mass is 16.2. The predicted molar refractivity (Wildman–Crippen MR) is 101 cm³/mol. The molecule has 0 saturated heterocycles. The lowest BCUT2D eigenvalue weighted by Gasteiger charge is -2.31. The monoisotopic (exact) mass is 356 g/mol. The Kier molecular flexibility index (Phi) is 5.59. The van der Waals surface area contributed by atoms with Crippen LogP contribution >= 0.6 is 0 Å². The lowest BCUT2D eigenvalue weighted by atomic mass is 9.79. The van der Waals surface area contributed by atoms with Crippen molar-refractivity contribution in [1.82, 2.24) is 10.2 Å². The summed E-state index contributed by atoms with van der Waals surface area (Å²) in [5.41, 5.74) is 5.92. The molecule has 1 unspecified atom stereocenters. The van der Waals surface area contributed by atoms with Crippen molar-refractivity contribution in [3.8, 4) is 0 Å². The standard InChI is InChI=1S/C20H28N4O2/c1-24-18(26)20(23-19(24)21,13-16-10-6-3-7-11-16)14-22-17(25)12-15-8-4-2-5-9-15/h2,4-5,8-9,16H,3,6-7,10-14H2,1H3,(H2,21,23)(H,22,25). The first kappa shape index (κ1) is 18.4. The number of likely N-dealkylation sites (N-methyl/N-ethyl adjacent to an activating group) is 1. The number of carbonyl (C=O) groups is 2. The van der Waals surface area contributed by atoms with Crippen molar-refractivity contribution in [1.29, 1.82) is 0 Å². The number of aliphatic imine (C=N–C) groups is 1. The van der Waals surface area contributed by atoms with E-state index < -0.39 is 5.54 Å². The molecule has 1 heterocycles. The largest absolute Gasteiger partial charge is 0.369 e. The van der Waals surface area contributed by atoms with Crippen molar-refractivity contribution in [2.75, 3.05) is 13.6 Å². The van der Waals surface area contributed by atoms with E-state index in [1.54, 1.807) is 7.05 Å². The van der Waals surface area contributed by atoms with E-state index in [1.165, 1.54) is 24.2 Å². The van der Waals surface area contributed by atoms with Crippen LogP contribution in [0.5, 0.6) is 0 Å². The average molecular weight is 356 g/mol. The Bertz CT molecular complexity index is 682. The third-order valence-electron chi connectivity index (χ3n) is 5.51. The number of carbonyl (C=O) groups excluding carboxylic acids is 2. The number of nitrogens with zero attached hydrogens (tertiary/aromatic N) is 2. The van der Waals surface area contributed by atoms with Gasteiger partial charge in [0.2, 0.25) is 5.91 Å². The molecule has 1 atom stereocenters. The second-order valence-electron chi connectivity index (χ2n) is 7.51. The SMILES string of the molecule is CN1C(=O)C(CNC(=O)Cc2ccccc2)(CC2CCCCC2)N=C1N. The zero-order chi connectivity index (χ0) is 18.6. The maximum absolute atomic E-state index is 12.9. The maximum Gasteiger partial charge on any atom is 0.258 e. The number of guanidine groups is 1. The van der Waals surface area contributed by atoms with Crippen molar-refractivity contribution >= 4 is 17.8 Å². The second-order valence-corrected chi connectivity index (χ2v) is 7.51. The van der Waals surface area contributed by atoms with Crippen LogP contribution in [0.15, 0.2) is 35.3 Å². The summed E-state index contributed by atoms with van der Waals surface area (Å²) in [6, 6.07) is 9.58. The third-order valence-corrected chi connectivity index (χ3v) is 5.51. The number of benzene rings is 1. The number of hydrogen-bond donors (Lipinski definition) is 2. The first-order chi connectivity index (χ1) is 12.5. The second kappa shape index (κ2) is 7.89. The number of nitrogens with two attached hydrogens (primary N) is 1. The number of nitrogens with one attached hydrogen (secondary N) is 1. The molecule has 1 aliphatic carbocycles. The van der Waals surface area contributed by atoms with Gasteiger partial charge >= 0.3 is 0 Å². The van der Waals surface area contributed by atoms with Crippen molar-refractivity contribution in [3.63, 3.8) is 0 Å². The Labute approximate surface area is 154 Å². The normalized spacial score (nSPS) is 23.8. The van der Waals surface area contributed by atoms with Gasteiger partial charge < -0.3 is 11.1 Å². The molecule has 0 aromatic heterocycles. The molecular formula is C20H28N4O2. The Morgan fingerprint density at radius 1 is 1.27 bits per heavy atom. The topological polar surface area (TPSA) is 87.8 Å². The fourth-order valence-electron chi connectivity index (χ4n) is 4.04. The molecule has 3 rings (SSSR count). The molecule has 6 heteroatoms. The highest BCUT2D eigenvalue weighted by molar-refractivity contribution is 6.06. The Morgan fingerprint density at radius 2 is 1.96 bits per heavy atom. The summed E-state index contributed by atoms with van der Waals surface area (Å²) >= 11 is 0. The fourth-order valence-corrected chi connectivity index (χ4v) is 4.04. The third kappa shape index (κ3) is 4.06. The van der Waals surface area contributed by atoms with Gasteiger partial charge in [-0.05, 0) is 17.9 Å². The minimum absolute atomic E-state index is 0.102. The summed E-state index contributed by atoms with van der Waals surface area (Å²) in [7, 11) is 1.65. The van der Waals surface area contributed by atoms with E-state index in [0.717, 1.165) is 18.4 Å². The van der Waals surface area contributed by atoms with Crippen LogP contribution < -0.4 is 11.1 Å². The van der Waals surface area contributed by atoms with Crippen LogP contribution in [0.2, 0.25) is 0 Å². The van der Waals surface area contributed by atoms with Crippen LogP contribution in [0.4, 0.5) is 0 Å². The summed E-state index contributed by atoms with van der Waals surface area (Å²) in [4.78, 5) is 31.1. The van der Waals surface area contributed by atoms with Crippen LogP contribution in [0.25, 0.3) is 0 Å². The van der Waals surface area contributed by atoms with E-state index in [2.05, 4.69) is 10.3 Å². The van der Waals surface area contributed by atoms with E-state index in [-0.39, 0.29) is 24.3 Å². The molecule has 1 saturated carbocycles. The van der Waals surface area contributed by atoms with Crippen molar-refractivity contribution < 1.29 is 9.59 Å². The molecule has 3 N–H and O–H groups in total. The van der Waals surface area contributed by atoms with Crippen molar-refractivity contribution in [2.45, 2.75) is 50.5 Å². The highest BCUT2D eigenvalue weighted by Gasteiger charge is 2.47. The van der Waals surface area contributed by atoms with Gasteiger partial charge in [-0.15, -0.1) is 0 Å². The van der Waals surface area contributed by atoms with Crippen LogP contribution in [0.1, 0.15) is 44.1 Å². The van der Waals surface area contributed by atoms with E-state index in [4.69, 9.17) is 5.73 Å². The van der Waals surface area contributed by atoms with E-state index in [0.29, 0.717) is 18.8 Å². The van der Waals surface area contributed by atoms with Crippen molar-refractivity contribution in [3.05, 3.63) is 35.9 Å². The molecule has 26 heavy (non-hydrogen) atoms. The predicted octanol–water partition coefficient (Wildman–Crippen LogP) is 1.84. The van der Waals surface area contributed by atoms with Gasteiger partial charge in [0.25, 0.3) is 5.91 Å².